The molecule has 7 heteroatoms. The summed E-state index contributed by atoms with van der Waals surface area (Å²) in [6, 6.07) is 68.6. The lowest BCUT2D eigenvalue weighted by molar-refractivity contribution is 0.533. The second-order valence-electron chi connectivity index (χ2n) is 18.1. The summed E-state index contributed by atoms with van der Waals surface area (Å²) in [7, 11) is 0. The minimum absolute atomic E-state index is 0.00217. The van der Waals surface area contributed by atoms with Crippen molar-refractivity contribution in [3.63, 3.8) is 0 Å². The van der Waals surface area contributed by atoms with E-state index in [-0.39, 0.29) is 5.41 Å². The van der Waals surface area contributed by atoms with E-state index in [0.717, 1.165) is 45.5 Å². The molecule has 0 saturated heterocycles. The number of hydrogen-bond donors (Lipinski definition) is 0. The highest BCUT2D eigenvalue weighted by Crippen LogP contribution is 2.50. The normalized spacial score (nSPS) is 10.2. The number of fused-ring (bicyclic) bond motifs is 3. The third-order valence-electron chi connectivity index (χ3n) is 12.6. The van der Waals surface area contributed by atoms with Crippen LogP contribution in [0.1, 0.15) is 170 Å². The number of nitrogens with zero attached hydrogens (tertiary/aromatic N) is 6. The molecule has 10 aromatic rings. The lowest BCUT2D eigenvalue weighted by atomic mass is 9.81. The largest absolute Gasteiger partial charge is 0.421 e. The summed E-state index contributed by atoms with van der Waals surface area (Å²) in [6.45, 7) is 48.9. The van der Waals surface area contributed by atoms with Crippen LogP contribution >= 0.6 is 0 Å². The Morgan fingerprint density at radius 2 is 0.726 bits per heavy atom. The third-order valence-corrected chi connectivity index (χ3v) is 12.6. The molecule has 0 fully saturated rings. The number of hydrogen-bond acceptors (Lipinski definition) is 6. The fourth-order valence-electron chi connectivity index (χ4n) is 8.80. The molecule has 0 saturated carbocycles. The molecule has 1 aliphatic carbocycles. The zero-order chi connectivity index (χ0) is 63.4. The van der Waals surface area contributed by atoms with Gasteiger partial charge >= 0.3 is 0 Å². The Bertz CT molecular complexity index is 3280. The quantitative estimate of drug-likeness (QED) is 0.158. The minimum atomic E-state index is 0.00217. The van der Waals surface area contributed by atoms with E-state index in [1.165, 1.54) is 55.6 Å². The second kappa shape index (κ2) is 40.1. The Hall–Kier alpha value is -8.16. The van der Waals surface area contributed by atoms with Crippen LogP contribution in [0.25, 0.3) is 50.8 Å². The van der Waals surface area contributed by atoms with E-state index in [1.807, 2.05) is 167 Å². The van der Waals surface area contributed by atoms with Crippen molar-refractivity contribution in [1.82, 2.24) is 25.0 Å². The summed E-state index contributed by atoms with van der Waals surface area (Å²) < 4.78 is 7.36. The van der Waals surface area contributed by atoms with E-state index in [2.05, 4.69) is 216 Å². The van der Waals surface area contributed by atoms with Crippen LogP contribution in [-0.4, -0.2) is 25.0 Å². The number of rotatable bonds is 7. The van der Waals surface area contributed by atoms with E-state index in [4.69, 9.17) is 4.42 Å². The average molecular weight is 1130 g/mol. The summed E-state index contributed by atoms with van der Waals surface area (Å²) in [4.78, 5) is 2.31. The number of para-hydroxylation sites is 2. The Labute approximate surface area is 510 Å². The Balaban J connectivity index is 0.000000618. The Morgan fingerprint density at radius 3 is 1.20 bits per heavy atom. The van der Waals surface area contributed by atoms with Crippen LogP contribution in [-0.2, 0) is 5.41 Å². The third kappa shape index (κ3) is 20.0. The maximum Gasteiger partial charge on any atom is 0.247 e. The van der Waals surface area contributed by atoms with E-state index < -0.39 is 0 Å². The summed E-state index contributed by atoms with van der Waals surface area (Å²) in [5, 5.41) is 16.2. The molecule has 0 atom stereocenters. The molecule has 84 heavy (non-hydrogen) atoms. The number of aromatic nitrogens is 5. The fraction of sp³-hybridized carbons (Fsp3) is 0.325. The van der Waals surface area contributed by atoms with E-state index >= 15 is 0 Å². The summed E-state index contributed by atoms with van der Waals surface area (Å²) >= 11 is 0. The van der Waals surface area contributed by atoms with Crippen molar-refractivity contribution in [2.24, 2.45) is 0 Å². The van der Waals surface area contributed by atoms with Crippen LogP contribution in [0.3, 0.4) is 0 Å². The van der Waals surface area contributed by atoms with Crippen molar-refractivity contribution in [2.75, 3.05) is 4.90 Å². The lowest BCUT2D eigenvalue weighted by Gasteiger charge is -2.26. The van der Waals surface area contributed by atoms with Crippen LogP contribution in [0.15, 0.2) is 199 Å². The first-order chi connectivity index (χ1) is 40.9. The van der Waals surface area contributed by atoms with Gasteiger partial charge < -0.3 is 9.32 Å². The van der Waals surface area contributed by atoms with Gasteiger partial charge in [0.05, 0.1) is 0 Å². The Kier molecular flexibility index (Phi) is 35.3. The predicted molar refractivity (Wildman–Crippen MR) is 370 cm³/mol. The molecule has 0 aliphatic heterocycles. The molecule has 0 amide bonds. The SMILES string of the molecule is CC.CC.CC.CC.CC.CC.CC.CC.Cc1ccc(-c2nnc(C)n2-c2ccccc2)cc1.Cc1ccc(-c2nnc(C)o2)cc1.Cc1ccc(N(c2ccccc2)c2ccc(-c3ccc4c(c3)C(C)(C)c3cc(C)ccc3-4)cc2)cc1. The maximum atomic E-state index is 5.29. The highest BCUT2D eigenvalue weighted by molar-refractivity contribution is 5.85. The van der Waals surface area contributed by atoms with Crippen LogP contribution in [0, 0.1) is 41.5 Å². The van der Waals surface area contributed by atoms with Crippen LogP contribution in [0.2, 0.25) is 0 Å². The van der Waals surface area contributed by atoms with Gasteiger partial charge in [-0.05, 0) is 135 Å². The molecule has 0 spiro atoms. The van der Waals surface area contributed by atoms with Crippen molar-refractivity contribution in [2.45, 2.75) is 172 Å². The first kappa shape index (κ1) is 73.9. The predicted octanol–water partition coefficient (Wildman–Crippen LogP) is 23.9. The van der Waals surface area contributed by atoms with Gasteiger partial charge in [0, 0.05) is 46.2 Å². The maximum absolute atomic E-state index is 5.29. The van der Waals surface area contributed by atoms with Crippen molar-refractivity contribution in [3.05, 3.63) is 239 Å². The highest BCUT2D eigenvalue weighted by atomic mass is 16.4. The van der Waals surface area contributed by atoms with Gasteiger partial charge in [-0.2, -0.15) is 0 Å². The molecular formula is C77H104N6O. The van der Waals surface area contributed by atoms with E-state index in [9.17, 15) is 0 Å². The van der Waals surface area contributed by atoms with Crippen LogP contribution in [0.4, 0.5) is 17.1 Å². The molecule has 0 N–H and O–H groups in total. The van der Waals surface area contributed by atoms with Gasteiger partial charge in [0.15, 0.2) is 5.82 Å². The van der Waals surface area contributed by atoms with Gasteiger partial charge in [-0.3, -0.25) is 4.57 Å². The first-order valence-corrected chi connectivity index (χ1v) is 31.1. The van der Waals surface area contributed by atoms with Gasteiger partial charge in [-0.1, -0.05) is 274 Å². The topological polar surface area (TPSA) is 72.9 Å². The van der Waals surface area contributed by atoms with Gasteiger partial charge in [-0.15, -0.1) is 20.4 Å². The molecule has 0 unspecified atom stereocenters. The standard InChI is InChI=1S/C35H31N.C16H15N3.C10H10N2O.8C2H6/c1-24-10-16-29(17-11-24)36(28-8-6-5-7-9-28)30-18-13-26(14-19-30)27-15-21-32-31-20-12-25(2)22-33(31)35(3,4)34(32)23-27;1-12-8-10-14(11-9-12)16-18-17-13(2)19(16)15-6-4-3-5-7-15;1-7-3-5-9(6-4-7)10-12-11-8(2)13-10;8*1-2/h5-23H,1-4H3;3-11H,1-2H3;3-6H,1-2H3;8*1-2H3. The van der Waals surface area contributed by atoms with Crippen molar-refractivity contribution >= 4 is 17.1 Å². The zero-order valence-corrected chi connectivity index (χ0v) is 56.1. The molecular weight excluding hydrogens is 1020 g/mol. The zero-order valence-electron chi connectivity index (χ0n) is 56.1. The molecule has 1 aliphatic rings. The van der Waals surface area contributed by atoms with E-state index in [1.54, 1.807) is 6.92 Å². The van der Waals surface area contributed by atoms with Crippen LogP contribution in [0.5, 0.6) is 0 Å². The first-order valence-electron chi connectivity index (χ1n) is 31.1. The Morgan fingerprint density at radius 1 is 0.345 bits per heavy atom. The summed E-state index contributed by atoms with van der Waals surface area (Å²) in [5.41, 5.74) is 19.7. The molecule has 8 aromatic carbocycles. The molecule has 2 heterocycles. The van der Waals surface area contributed by atoms with Gasteiger partial charge in [0.1, 0.15) is 5.82 Å². The number of benzene rings is 8. The monoisotopic (exact) mass is 1130 g/mol. The molecule has 448 valence electrons. The molecule has 0 bridgehead atoms. The average Bonchev–Trinajstić information content (AvgIpc) is 4.31. The molecule has 0 radical (unpaired) electrons. The van der Waals surface area contributed by atoms with Crippen molar-refractivity contribution < 1.29 is 4.42 Å². The van der Waals surface area contributed by atoms with Crippen molar-refractivity contribution in [3.8, 4) is 50.8 Å². The summed E-state index contributed by atoms with van der Waals surface area (Å²) in [6.07, 6.45) is 0. The fourth-order valence-corrected chi connectivity index (χ4v) is 8.80. The van der Waals surface area contributed by atoms with Gasteiger partial charge in [0.25, 0.3) is 0 Å². The highest BCUT2D eigenvalue weighted by Gasteiger charge is 2.35. The second-order valence-corrected chi connectivity index (χ2v) is 18.1. The van der Waals surface area contributed by atoms with Crippen LogP contribution < -0.4 is 4.90 Å². The molecule has 2 aromatic heterocycles. The van der Waals surface area contributed by atoms with Crippen molar-refractivity contribution in [1.29, 1.82) is 0 Å². The van der Waals surface area contributed by atoms with Gasteiger partial charge in [0.2, 0.25) is 11.8 Å². The minimum Gasteiger partial charge on any atom is -0.421 e. The molecule has 11 rings (SSSR count). The molecule has 7 nitrogen and oxygen atoms in total. The van der Waals surface area contributed by atoms with Gasteiger partial charge in [-0.25, -0.2) is 0 Å². The lowest BCUT2D eigenvalue weighted by Crippen LogP contribution is -2.15. The van der Waals surface area contributed by atoms with E-state index in [0.29, 0.717) is 11.8 Å². The number of anilines is 3. The summed E-state index contributed by atoms with van der Waals surface area (Å²) in [5.74, 6) is 2.94. The smallest absolute Gasteiger partial charge is 0.247 e. The number of aryl methyl sites for hydroxylation is 6.